The lowest BCUT2D eigenvalue weighted by molar-refractivity contribution is 0.298. The number of ether oxygens (including phenoxy) is 1. The van der Waals surface area contributed by atoms with Crippen LogP contribution in [0.25, 0.3) is 5.65 Å². The largest absolute Gasteiger partial charge is 0.487 e. The second-order valence-electron chi connectivity index (χ2n) is 4.63. The van der Waals surface area contributed by atoms with Crippen LogP contribution in [-0.4, -0.2) is 16.4 Å². The van der Waals surface area contributed by atoms with Gasteiger partial charge in [0.25, 0.3) is 0 Å². The van der Waals surface area contributed by atoms with Gasteiger partial charge in [0.15, 0.2) is 0 Å². The summed E-state index contributed by atoms with van der Waals surface area (Å²) in [5.41, 5.74) is 3.02. The summed E-state index contributed by atoms with van der Waals surface area (Å²) < 4.78 is 7.89. The molecule has 20 heavy (non-hydrogen) atoms. The maximum Gasteiger partial charge on any atom is 0.137 e. The monoisotopic (exact) mass is 267 g/mol. The molecule has 0 aliphatic heterocycles. The molecule has 1 N–H and O–H groups in total. The highest BCUT2D eigenvalue weighted by atomic mass is 16.5. The zero-order chi connectivity index (χ0) is 13.8. The number of rotatable bonds is 5. The van der Waals surface area contributed by atoms with E-state index in [0.717, 1.165) is 29.2 Å². The van der Waals surface area contributed by atoms with E-state index in [1.54, 1.807) is 0 Å². The Morgan fingerprint density at radius 2 is 2.00 bits per heavy atom. The van der Waals surface area contributed by atoms with Gasteiger partial charge in [-0.05, 0) is 25.2 Å². The molecule has 3 rings (SSSR count). The van der Waals surface area contributed by atoms with E-state index in [-0.39, 0.29) is 0 Å². The van der Waals surface area contributed by atoms with Gasteiger partial charge in [0.1, 0.15) is 18.0 Å². The van der Waals surface area contributed by atoms with Crippen LogP contribution in [0.1, 0.15) is 11.3 Å². The average molecular weight is 267 g/mol. The van der Waals surface area contributed by atoms with Crippen molar-refractivity contribution in [1.29, 1.82) is 0 Å². The normalized spacial score (nSPS) is 10.8. The molecule has 3 aromatic rings. The molecule has 1 aromatic carbocycles. The van der Waals surface area contributed by atoms with Gasteiger partial charge in [0, 0.05) is 24.5 Å². The highest BCUT2D eigenvalue weighted by molar-refractivity contribution is 5.39. The molecule has 0 aliphatic carbocycles. The van der Waals surface area contributed by atoms with Crippen molar-refractivity contribution in [2.75, 3.05) is 7.05 Å². The fourth-order valence-corrected chi connectivity index (χ4v) is 2.19. The number of pyridine rings is 1. The minimum atomic E-state index is 0.475. The Labute approximate surface area is 118 Å². The second kappa shape index (κ2) is 5.75. The predicted octanol–water partition coefficient (Wildman–Crippen LogP) is 2.63. The highest BCUT2D eigenvalue weighted by Gasteiger charge is 2.05. The molecule has 0 saturated heterocycles. The van der Waals surface area contributed by atoms with Gasteiger partial charge >= 0.3 is 0 Å². The summed E-state index contributed by atoms with van der Waals surface area (Å²) in [6.45, 7) is 1.27. The summed E-state index contributed by atoms with van der Waals surface area (Å²) in [4.78, 5) is 4.53. The molecule has 2 aromatic heterocycles. The van der Waals surface area contributed by atoms with Gasteiger partial charge in [-0.15, -0.1) is 0 Å². The first-order valence-corrected chi connectivity index (χ1v) is 6.65. The number of para-hydroxylation sites is 1. The van der Waals surface area contributed by atoms with Crippen LogP contribution in [-0.2, 0) is 13.2 Å². The van der Waals surface area contributed by atoms with E-state index in [0.29, 0.717) is 6.61 Å². The molecule has 0 saturated carbocycles. The SMILES string of the molecule is CNCc1ccccc1OCc1cn2ccccc2n1. The van der Waals surface area contributed by atoms with Crippen molar-refractivity contribution in [3.63, 3.8) is 0 Å². The van der Waals surface area contributed by atoms with Gasteiger partial charge in [-0.2, -0.15) is 0 Å². The van der Waals surface area contributed by atoms with Gasteiger partial charge in [-0.1, -0.05) is 24.3 Å². The van der Waals surface area contributed by atoms with Gasteiger partial charge in [0.2, 0.25) is 0 Å². The summed E-state index contributed by atoms with van der Waals surface area (Å²) in [5, 5.41) is 3.14. The number of benzene rings is 1. The van der Waals surface area contributed by atoms with Crippen molar-refractivity contribution in [1.82, 2.24) is 14.7 Å². The van der Waals surface area contributed by atoms with Gasteiger partial charge < -0.3 is 14.5 Å². The predicted molar refractivity (Wildman–Crippen MR) is 78.7 cm³/mol. The Balaban J connectivity index is 1.76. The zero-order valence-electron chi connectivity index (χ0n) is 11.4. The maximum atomic E-state index is 5.89. The van der Waals surface area contributed by atoms with Crippen molar-refractivity contribution in [2.45, 2.75) is 13.2 Å². The fourth-order valence-electron chi connectivity index (χ4n) is 2.19. The zero-order valence-corrected chi connectivity index (χ0v) is 11.4. The number of aromatic nitrogens is 2. The van der Waals surface area contributed by atoms with E-state index in [1.807, 2.05) is 60.2 Å². The standard InChI is InChI=1S/C16H17N3O/c1-17-10-13-6-2-3-7-15(13)20-12-14-11-19-9-5-4-8-16(19)18-14/h2-9,11,17H,10,12H2,1H3. The number of hydrogen-bond acceptors (Lipinski definition) is 3. The second-order valence-corrected chi connectivity index (χ2v) is 4.63. The molecular formula is C16H17N3O. The Kier molecular flexibility index (Phi) is 3.65. The third-order valence-electron chi connectivity index (χ3n) is 3.13. The van der Waals surface area contributed by atoms with Crippen LogP contribution in [0.4, 0.5) is 0 Å². The van der Waals surface area contributed by atoms with Gasteiger partial charge in [-0.25, -0.2) is 4.98 Å². The van der Waals surface area contributed by atoms with Crippen molar-refractivity contribution in [3.8, 4) is 5.75 Å². The summed E-state index contributed by atoms with van der Waals surface area (Å²) in [5.74, 6) is 0.902. The van der Waals surface area contributed by atoms with Crippen LogP contribution in [0, 0.1) is 0 Å². The van der Waals surface area contributed by atoms with E-state index in [4.69, 9.17) is 4.74 Å². The number of nitrogens with one attached hydrogen (secondary N) is 1. The molecule has 0 aliphatic rings. The minimum Gasteiger partial charge on any atom is -0.487 e. The third-order valence-corrected chi connectivity index (χ3v) is 3.13. The first-order chi connectivity index (χ1) is 9.86. The Hall–Kier alpha value is -2.33. The number of fused-ring (bicyclic) bond motifs is 1. The fraction of sp³-hybridized carbons (Fsp3) is 0.188. The van der Waals surface area contributed by atoms with Crippen molar-refractivity contribution < 1.29 is 4.74 Å². The van der Waals surface area contributed by atoms with Crippen LogP contribution in [0.2, 0.25) is 0 Å². The molecule has 4 nitrogen and oxygen atoms in total. The van der Waals surface area contributed by atoms with Gasteiger partial charge in [0.05, 0.1) is 5.69 Å². The molecule has 0 fully saturated rings. The van der Waals surface area contributed by atoms with Gasteiger partial charge in [-0.3, -0.25) is 0 Å². The highest BCUT2D eigenvalue weighted by Crippen LogP contribution is 2.19. The van der Waals surface area contributed by atoms with Crippen LogP contribution >= 0.6 is 0 Å². The minimum absolute atomic E-state index is 0.475. The molecule has 0 unspecified atom stereocenters. The van der Waals surface area contributed by atoms with Crippen LogP contribution in [0.5, 0.6) is 5.75 Å². The number of nitrogens with zero attached hydrogens (tertiary/aromatic N) is 2. The first-order valence-electron chi connectivity index (χ1n) is 6.65. The van der Waals surface area contributed by atoms with E-state index >= 15 is 0 Å². The molecule has 102 valence electrons. The Morgan fingerprint density at radius 1 is 1.15 bits per heavy atom. The summed E-state index contributed by atoms with van der Waals surface area (Å²) in [7, 11) is 1.93. The molecule has 0 spiro atoms. The van der Waals surface area contributed by atoms with E-state index in [9.17, 15) is 0 Å². The van der Waals surface area contributed by atoms with Crippen LogP contribution < -0.4 is 10.1 Å². The molecule has 0 atom stereocenters. The molecule has 0 radical (unpaired) electrons. The molecule has 0 bridgehead atoms. The molecular weight excluding hydrogens is 250 g/mol. The Bertz CT molecular complexity index is 673. The lowest BCUT2D eigenvalue weighted by atomic mass is 10.2. The van der Waals surface area contributed by atoms with Crippen molar-refractivity contribution in [3.05, 3.63) is 66.1 Å². The third kappa shape index (κ3) is 2.65. The maximum absolute atomic E-state index is 5.89. The lowest BCUT2D eigenvalue weighted by Gasteiger charge is -2.09. The lowest BCUT2D eigenvalue weighted by Crippen LogP contribution is -2.07. The van der Waals surface area contributed by atoms with Crippen LogP contribution in [0.15, 0.2) is 54.9 Å². The first kappa shape index (κ1) is 12.7. The molecule has 2 heterocycles. The number of imidazole rings is 1. The van der Waals surface area contributed by atoms with E-state index < -0.39 is 0 Å². The van der Waals surface area contributed by atoms with E-state index in [1.165, 1.54) is 0 Å². The molecule has 0 amide bonds. The van der Waals surface area contributed by atoms with E-state index in [2.05, 4.69) is 16.4 Å². The smallest absolute Gasteiger partial charge is 0.137 e. The number of hydrogen-bond donors (Lipinski definition) is 1. The van der Waals surface area contributed by atoms with Crippen molar-refractivity contribution in [2.24, 2.45) is 0 Å². The molecule has 4 heteroatoms. The topological polar surface area (TPSA) is 38.6 Å². The van der Waals surface area contributed by atoms with Crippen molar-refractivity contribution >= 4 is 5.65 Å². The Morgan fingerprint density at radius 3 is 2.85 bits per heavy atom. The quantitative estimate of drug-likeness (QED) is 0.772. The summed E-state index contributed by atoms with van der Waals surface area (Å²) in [6.07, 6.45) is 3.98. The van der Waals surface area contributed by atoms with Crippen LogP contribution in [0.3, 0.4) is 0 Å². The summed E-state index contributed by atoms with van der Waals surface area (Å²) >= 11 is 0. The summed E-state index contributed by atoms with van der Waals surface area (Å²) in [6, 6.07) is 14.0. The average Bonchev–Trinajstić information content (AvgIpc) is 2.89.